The second-order valence-corrected chi connectivity index (χ2v) is 13.7. The lowest BCUT2D eigenvalue weighted by molar-refractivity contribution is -0.128. The summed E-state index contributed by atoms with van der Waals surface area (Å²) in [5.41, 5.74) is 1.24. The van der Waals surface area contributed by atoms with Crippen LogP contribution in [0.3, 0.4) is 0 Å². The van der Waals surface area contributed by atoms with Crippen molar-refractivity contribution in [2.45, 2.75) is 23.6 Å². The molecule has 2 aliphatic heterocycles. The van der Waals surface area contributed by atoms with Crippen molar-refractivity contribution in [3.05, 3.63) is 93.5 Å². The van der Waals surface area contributed by atoms with Gasteiger partial charge in [0.2, 0.25) is 11.8 Å². The highest BCUT2D eigenvalue weighted by Crippen LogP contribution is 2.45. The molecular formula is C30H28Cl2N4O5S. The number of aliphatic hydroxyl groups excluding tert-OH is 1. The maximum absolute atomic E-state index is 14.4. The van der Waals surface area contributed by atoms with Crippen LogP contribution in [0.5, 0.6) is 0 Å². The molecule has 0 spiro atoms. The van der Waals surface area contributed by atoms with Gasteiger partial charge in [-0.05, 0) is 62.0 Å². The minimum atomic E-state index is -3.95. The van der Waals surface area contributed by atoms with E-state index < -0.39 is 45.1 Å². The predicted octanol–water partition coefficient (Wildman–Crippen LogP) is 3.60. The standard InChI is InChI=1S/C30H28Cl2N4O5S/c1-19-3-9-25(10-4-19)42(40,41)16-27(37)35-15-26-28(38)36(24-12-22(31)11-23(32)13-24)29(39)34(2)17-30(26,18-35)21-7-5-20(14-33)6-8-21/h3-13,26,29,39H,15-18H2,1-2H3/t26-,29?,30-/m0/s1. The summed E-state index contributed by atoms with van der Waals surface area (Å²) in [6.45, 7) is 1.94. The Morgan fingerprint density at radius 3 is 2.26 bits per heavy atom. The van der Waals surface area contributed by atoms with E-state index in [0.717, 1.165) is 5.56 Å². The molecule has 2 heterocycles. The van der Waals surface area contributed by atoms with Crippen LogP contribution in [0.2, 0.25) is 10.0 Å². The molecule has 3 aromatic carbocycles. The molecule has 9 nitrogen and oxygen atoms in total. The maximum Gasteiger partial charge on any atom is 0.238 e. The number of benzene rings is 3. The average Bonchev–Trinajstić information content (AvgIpc) is 3.30. The van der Waals surface area contributed by atoms with E-state index in [2.05, 4.69) is 6.07 Å². The number of aryl methyl sites for hydroxylation is 1. The average molecular weight is 628 g/mol. The third-order valence-electron chi connectivity index (χ3n) is 8.00. The third kappa shape index (κ3) is 5.51. The molecule has 0 aromatic heterocycles. The number of nitrogens with zero attached hydrogens (tertiary/aromatic N) is 4. The van der Waals surface area contributed by atoms with E-state index in [0.29, 0.717) is 11.1 Å². The lowest BCUT2D eigenvalue weighted by Gasteiger charge is -2.35. The highest BCUT2D eigenvalue weighted by atomic mass is 35.5. The molecule has 42 heavy (non-hydrogen) atoms. The van der Waals surface area contributed by atoms with E-state index >= 15 is 0 Å². The van der Waals surface area contributed by atoms with E-state index in [1.807, 2.05) is 6.92 Å². The Bertz CT molecular complexity index is 1670. The minimum absolute atomic E-state index is 0.0265. The third-order valence-corrected chi connectivity index (χ3v) is 10.0. The summed E-state index contributed by atoms with van der Waals surface area (Å²) in [5, 5.41) is 21.2. The number of rotatable bonds is 5. The van der Waals surface area contributed by atoms with Crippen LogP contribution in [0.15, 0.2) is 71.6 Å². The molecular weight excluding hydrogens is 599 g/mol. The van der Waals surface area contributed by atoms with Gasteiger partial charge in [-0.1, -0.05) is 53.0 Å². The number of carbonyl (C=O) groups is 2. The van der Waals surface area contributed by atoms with Gasteiger partial charge in [0, 0.05) is 35.1 Å². The SMILES string of the molecule is Cc1ccc(S(=O)(=O)CC(=O)N2C[C@H]3C(=O)N(c4cc(Cl)cc(Cl)c4)C(O)N(C)C[C@@]3(c3ccc(C#N)cc3)C2)cc1. The number of halogens is 2. The zero-order valence-electron chi connectivity index (χ0n) is 22.9. The zero-order chi connectivity index (χ0) is 30.4. The number of likely N-dealkylation sites (tertiary alicyclic amines) is 1. The summed E-state index contributed by atoms with van der Waals surface area (Å²) in [5.74, 6) is -2.74. The Labute approximate surface area is 254 Å². The Hall–Kier alpha value is -3.46. The highest BCUT2D eigenvalue weighted by Gasteiger charge is 2.57. The fourth-order valence-electron chi connectivity index (χ4n) is 5.86. The van der Waals surface area contributed by atoms with Gasteiger partial charge in [0.1, 0.15) is 5.75 Å². The first-order chi connectivity index (χ1) is 19.8. The summed E-state index contributed by atoms with van der Waals surface area (Å²) in [6, 6.07) is 19.6. The van der Waals surface area contributed by atoms with Crippen molar-refractivity contribution >= 4 is 50.5 Å². The second-order valence-electron chi connectivity index (χ2n) is 10.8. The monoisotopic (exact) mass is 626 g/mol. The molecule has 2 fully saturated rings. The number of sulfone groups is 1. The van der Waals surface area contributed by atoms with Crippen molar-refractivity contribution in [1.29, 1.82) is 5.26 Å². The summed E-state index contributed by atoms with van der Waals surface area (Å²) in [6.07, 6.45) is -1.38. The molecule has 0 radical (unpaired) electrons. The molecule has 1 unspecified atom stereocenters. The normalized spacial score (nSPS) is 22.9. The maximum atomic E-state index is 14.4. The van der Waals surface area contributed by atoms with Crippen LogP contribution in [-0.4, -0.2) is 73.9 Å². The van der Waals surface area contributed by atoms with Gasteiger partial charge in [-0.3, -0.25) is 19.4 Å². The molecule has 218 valence electrons. The number of hydrogen-bond donors (Lipinski definition) is 1. The van der Waals surface area contributed by atoms with E-state index in [1.54, 1.807) is 48.3 Å². The Balaban J connectivity index is 1.56. The first-order valence-electron chi connectivity index (χ1n) is 13.1. The Kier molecular flexibility index (Phi) is 8.09. The molecule has 2 amide bonds. The lowest BCUT2D eigenvalue weighted by Crippen LogP contribution is -2.50. The van der Waals surface area contributed by atoms with E-state index in [4.69, 9.17) is 23.2 Å². The number of aliphatic hydroxyl groups is 1. The van der Waals surface area contributed by atoms with Gasteiger partial charge < -0.3 is 10.0 Å². The van der Waals surface area contributed by atoms with Crippen LogP contribution in [0.4, 0.5) is 5.69 Å². The largest absolute Gasteiger partial charge is 0.360 e. The quantitative estimate of drug-likeness (QED) is 0.459. The van der Waals surface area contributed by atoms with E-state index in [-0.39, 0.29) is 40.3 Å². The van der Waals surface area contributed by atoms with Crippen LogP contribution >= 0.6 is 23.2 Å². The van der Waals surface area contributed by atoms with E-state index in [1.165, 1.54) is 40.1 Å². The first-order valence-corrected chi connectivity index (χ1v) is 15.5. The van der Waals surface area contributed by atoms with Crippen molar-refractivity contribution < 1.29 is 23.1 Å². The molecule has 2 saturated heterocycles. The number of fused-ring (bicyclic) bond motifs is 1. The van der Waals surface area contributed by atoms with Gasteiger partial charge in [-0.25, -0.2) is 8.42 Å². The van der Waals surface area contributed by atoms with Gasteiger partial charge in [0.15, 0.2) is 16.2 Å². The predicted molar refractivity (Wildman–Crippen MR) is 159 cm³/mol. The van der Waals surface area contributed by atoms with Gasteiger partial charge in [0.05, 0.1) is 28.1 Å². The summed E-state index contributed by atoms with van der Waals surface area (Å²) in [7, 11) is -2.30. The number of carbonyl (C=O) groups excluding carboxylic acids is 2. The van der Waals surface area contributed by atoms with Crippen LogP contribution in [0.25, 0.3) is 0 Å². The second kappa shape index (κ2) is 11.3. The van der Waals surface area contributed by atoms with Crippen molar-refractivity contribution in [3.63, 3.8) is 0 Å². The minimum Gasteiger partial charge on any atom is -0.360 e. The Morgan fingerprint density at radius 2 is 1.67 bits per heavy atom. The molecule has 2 aliphatic rings. The first kappa shape index (κ1) is 30.0. The number of likely N-dealkylation sites (N-methyl/N-ethyl adjacent to an activating group) is 1. The zero-order valence-corrected chi connectivity index (χ0v) is 25.2. The van der Waals surface area contributed by atoms with Crippen molar-refractivity contribution in [1.82, 2.24) is 9.80 Å². The van der Waals surface area contributed by atoms with Crippen LogP contribution in [0.1, 0.15) is 16.7 Å². The number of anilines is 1. The van der Waals surface area contributed by atoms with Crippen molar-refractivity contribution in [3.8, 4) is 6.07 Å². The van der Waals surface area contributed by atoms with Gasteiger partial charge in [-0.2, -0.15) is 5.26 Å². The van der Waals surface area contributed by atoms with E-state index in [9.17, 15) is 28.4 Å². The lowest BCUT2D eigenvalue weighted by atomic mass is 9.71. The molecule has 3 aromatic rings. The summed E-state index contributed by atoms with van der Waals surface area (Å²) in [4.78, 5) is 32.2. The fourth-order valence-corrected chi connectivity index (χ4v) is 7.60. The summed E-state index contributed by atoms with van der Waals surface area (Å²) < 4.78 is 26.3. The molecule has 12 heteroatoms. The topological polar surface area (TPSA) is 122 Å². The highest BCUT2D eigenvalue weighted by molar-refractivity contribution is 7.92. The summed E-state index contributed by atoms with van der Waals surface area (Å²) >= 11 is 12.5. The van der Waals surface area contributed by atoms with Gasteiger partial charge in [-0.15, -0.1) is 0 Å². The van der Waals surface area contributed by atoms with Crippen LogP contribution in [0, 0.1) is 24.2 Å². The molecule has 0 saturated carbocycles. The van der Waals surface area contributed by atoms with Gasteiger partial charge in [0.25, 0.3) is 0 Å². The number of amides is 2. The molecule has 1 N–H and O–H groups in total. The van der Waals surface area contributed by atoms with Crippen LogP contribution < -0.4 is 4.90 Å². The van der Waals surface area contributed by atoms with Crippen LogP contribution in [-0.2, 0) is 24.8 Å². The fraction of sp³-hybridized carbons (Fsp3) is 0.300. The number of hydrogen-bond acceptors (Lipinski definition) is 7. The molecule has 0 bridgehead atoms. The molecule has 3 atom stereocenters. The van der Waals surface area contributed by atoms with Crippen molar-refractivity contribution in [2.75, 3.05) is 37.3 Å². The smallest absolute Gasteiger partial charge is 0.238 e. The molecule has 0 aliphatic carbocycles. The number of nitriles is 1. The van der Waals surface area contributed by atoms with Crippen molar-refractivity contribution in [2.24, 2.45) is 5.92 Å². The molecule has 5 rings (SSSR count). The van der Waals surface area contributed by atoms with Gasteiger partial charge >= 0.3 is 0 Å². The Morgan fingerprint density at radius 1 is 1.05 bits per heavy atom.